The molecule has 0 fully saturated rings. The minimum atomic E-state index is -0.568. The van der Waals surface area contributed by atoms with Gasteiger partial charge in [0.25, 0.3) is 5.91 Å². The van der Waals surface area contributed by atoms with Crippen LogP contribution < -0.4 is 15.5 Å². The number of rotatable bonds is 7. The number of aryl methyl sites for hydroxylation is 2. The topological polar surface area (TPSA) is 133 Å². The second-order valence-electron chi connectivity index (χ2n) is 6.91. The van der Waals surface area contributed by atoms with Crippen LogP contribution in [0.1, 0.15) is 32.6 Å². The van der Waals surface area contributed by atoms with Crippen LogP contribution in [0.2, 0.25) is 0 Å². The van der Waals surface area contributed by atoms with Crippen molar-refractivity contribution in [2.45, 2.75) is 13.8 Å². The molecule has 2 aromatic carbocycles. The molecule has 3 rings (SSSR count). The maximum Gasteiger partial charge on any atom is 0.281 e. The van der Waals surface area contributed by atoms with Crippen molar-refractivity contribution in [2.75, 3.05) is 12.4 Å². The Kier molecular flexibility index (Phi) is 7.32. The molecule has 0 unspecified atom stereocenters. The molecule has 0 atom stereocenters. The van der Waals surface area contributed by atoms with Crippen LogP contribution in [-0.4, -0.2) is 23.0 Å². The van der Waals surface area contributed by atoms with E-state index in [1.807, 2.05) is 32.0 Å². The van der Waals surface area contributed by atoms with Gasteiger partial charge in [-0.05, 0) is 73.0 Å². The number of carbonyl (C=O) groups is 1. The molecule has 9 nitrogen and oxygen atoms in total. The highest BCUT2D eigenvalue weighted by Crippen LogP contribution is 2.32. The number of allylic oxidation sites excluding steroid dienone is 1. The van der Waals surface area contributed by atoms with Gasteiger partial charge in [0.05, 0.1) is 24.8 Å². The molecule has 3 aromatic rings. The smallest absolute Gasteiger partial charge is 0.281 e. The molecule has 33 heavy (non-hydrogen) atoms. The molecule has 1 amide bonds. The first-order valence-corrected chi connectivity index (χ1v) is 9.78. The summed E-state index contributed by atoms with van der Waals surface area (Å²) < 4.78 is 6.07. The highest BCUT2D eigenvalue weighted by molar-refractivity contribution is 5.95. The predicted octanol–water partition coefficient (Wildman–Crippen LogP) is 4.33. The van der Waals surface area contributed by atoms with Gasteiger partial charge in [0.15, 0.2) is 0 Å². The monoisotopic (exact) mass is 440 g/mol. The number of nitrogens with zero attached hydrogens (tertiary/aromatic N) is 4. The van der Waals surface area contributed by atoms with Crippen molar-refractivity contribution < 1.29 is 14.4 Å². The summed E-state index contributed by atoms with van der Waals surface area (Å²) in [5.41, 5.74) is 5.95. The van der Waals surface area contributed by atoms with E-state index in [1.165, 1.54) is 19.4 Å². The molecule has 0 bridgehead atoms. The van der Waals surface area contributed by atoms with E-state index >= 15 is 0 Å². The molecule has 0 radical (unpaired) electrons. The number of amides is 1. The minimum absolute atomic E-state index is 0.0298. The molecule has 1 heterocycles. The second kappa shape index (κ2) is 10.5. The molecular weight excluding hydrogens is 420 g/mol. The summed E-state index contributed by atoms with van der Waals surface area (Å²) in [6, 6.07) is 14.5. The summed E-state index contributed by atoms with van der Waals surface area (Å²) in [5.74, 6) is 0.190. The molecule has 0 aliphatic carbocycles. The van der Waals surface area contributed by atoms with E-state index in [4.69, 9.17) is 20.1 Å². The first kappa shape index (κ1) is 22.9. The third kappa shape index (κ3) is 5.70. The number of hydroxylamine groups is 1. The highest BCUT2D eigenvalue weighted by Gasteiger charge is 2.19. The van der Waals surface area contributed by atoms with Crippen molar-refractivity contribution in [3.8, 4) is 23.8 Å². The quantitative estimate of drug-likeness (QED) is 0.410. The van der Waals surface area contributed by atoms with Crippen LogP contribution in [0.15, 0.2) is 48.7 Å². The first-order valence-electron chi connectivity index (χ1n) is 9.78. The number of hydrogen-bond donors (Lipinski definition) is 2. The Balaban J connectivity index is 1.98. The molecule has 0 aliphatic heterocycles. The Morgan fingerprint density at radius 2 is 1.82 bits per heavy atom. The number of nitrogens with one attached hydrogen (secondary N) is 2. The standard InChI is InChI=1S/C24H20N6O3/c1-15-11-18(5-4-10-25)12-16(2)21(15)33-23-20(22(31)30-32-3)14-27-24(29-23)28-19-8-6-17(13-26)7-9-19/h4-9,11-12,14H,1-3H3,(H,30,31)(H,27,28,29)/b5-4+. The number of aromatic nitrogens is 2. The Bertz CT molecular complexity index is 1260. The van der Waals surface area contributed by atoms with Crippen LogP contribution >= 0.6 is 0 Å². The van der Waals surface area contributed by atoms with Crippen molar-refractivity contribution >= 4 is 23.6 Å². The molecule has 0 aliphatic rings. The summed E-state index contributed by atoms with van der Waals surface area (Å²) in [6.45, 7) is 3.72. The molecule has 0 saturated heterocycles. The molecule has 0 saturated carbocycles. The number of carbonyl (C=O) groups excluding carboxylic acids is 1. The van der Waals surface area contributed by atoms with Crippen molar-refractivity contribution in [3.05, 3.63) is 76.5 Å². The van der Waals surface area contributed by atoms with E-state index in [2.05, 4.69) is 26.8 Å². The molecule has 2 N–H and O–H groups in total. The SMILES string of the molecule is CONC(=O)c1cnc(Nc2ccc(C#N)cc2)nc1Oc1c(C)cc(/C=C/C#N)cc1C. The Labute approximate surface area is 190 Å². The van der Waals surface area contributed by atoms with E-state index in [0.717, 1.165) is 16.7 Å². The maximum atomic E-state index is 12.5. The Morgan fingerprint density at radius 3 is 2.42 bits per heavy atom. The number of benzene rings is 2. The first-order chi connectivity index (χ1) is 15.9. The lowest BCUT2D eigenvalue weighted by molar-refractivity contribution is 0.0534. The zero-order valence-electron chi connectivity index (χ0n) is 18.2. The maximum absolute atomic E-state index is 12.5. The van der Waals surface area contributed by atoms with Crippen LogP contribution in [0.5, 0.6) is 11.6 Å². The van der Waals surface area contributed by atoms with E-state index in [1.54, 1.807) is 30.3 Å². The van der Waals surface area contributed by atoms with Gasteiger partial charge < -0.3 is 10.1 Å². The summed E-state index contributed by atoms with van der Waals surface area (Å²) in [6.07, 6.45) is 4.43. The van der Waals surface area contributed by atoms with Gasteiger partial charge >= 0.3 is 0 Å². The van der Waals surface area contributed by atoms with Crippen LogP contribution in [0.25, 0.3) is 6.08 Å². The zero-order valence-corrected chi connectivity index (χ0v) is 18.2. The fourth-order valence-corrected chi connectivity index (χ4v) is 3.04. The fraction of sp³-hybridized carbons (Fsp3) is 0.125. The lowest BCUT2D eigenvalue weighted by Gasteiger charge is -2.15. The van der Waals surface area contributed by atoms with Gasteiger partial charge in [0.2, 0.25) is 11.8 Å². The van der Waals surface area contributed by atoms with Gasteiger partial charge in [-0.15, -0.1) is 0 Å². The van der Waals surface area contributed by atoms with Gasteiger partial charge in [-0.25, -0.2) is 10.5 Å². The van der Waals surface area contributed by atoms with E-state index in [0.29, 0.717) is 17.0 Å². The molecule has 0 spiro atoms. The summed E-state index contributed by atoms with van der Waals surface area (Å²) in [4.78, 5) is 25.7. The molecule has 9 heteroatoms. The Hall–Kier alpha value is -4.73. The predicted molar refractivity (Wildman–Crippen MR) is 122 cm³/mol. The number of hydrogen-bond acceptors (Lipinski definition) is 8. The van der Waals surface area contributed by atoms with Gasteiger partial charge in [-0.1, -0.05) is 0 Å². The normalized spacial score (nSPS) is 10.3. The van der Waals surface area contributed by atoms with Crippen molar-refractivity contribution in [2.24, 2.45) is 0 Å². The summed E-state index contributed by atoms with van der Waals surface area (Å²) >= 11 is 0. The van der Waals surface area contributed by atoms with Crippen molar-refractivity contribution in [1.29, 1.82) is 10.5 Å². The van der Waals surface area contributed by atoms with Gasteiger partial charge in [0.1, 0.15) is 11.3 Å². The second-order valence-corrected chi connectivity index (χ2v) is 6.91. The van der Waals surface area contributed by atoms with E-state index in [9.17, 15) is 4.79 Å². The fourth-order valence-electron chi connectivity index (χ4n) is 3.04. The minimum Gasteiger partial charge on any atom is -0.437 e. The number of anilines is 2. The lowest BCUT2D eigenvalue weighted by Crippen LogP contribution is -2.23. The highest BCUT2D eigenvalue weighted by atomic mass is 16.6. The molecule has 1 aromatic heterocycles. The lowest BCUT2D eigenvalue weighted by atomic mass is 10.1. The zero-order chi connectivity index (χ0) is 23.8. The van der Waals surface area contributed by atoms with Crippen LogP contribution in [0.4, 0.5) is 11.6 Å². The summed E-state index contributed by atoms with van der Waals surface area (Å²) in [7, 11) is 1.32. The van der Waals surface area contributed by atoms with Crippen LogP contribution in [0.3, 0.4) is 0 Å². The van der Waals surface area contributed by atoms with E-state index < -0.39 is 5.91 Å². The van der Waals surface area contributed by atoms with Crippen LogP contribution in [0, 0.1) is 36.5 Å². The van der Waals surface area contributed by atoms with Gasteiger partial charge in [0, 0.05) is 18.0 Å². The Morgan fingerprint density at radius 1 is 1.12 bits per heavy atom. The average molecular weight is 440 g/mol. The van der Waals surface area contributed by atoms with Crippen molar-refractivity contribution in [1.82, 2.24) is 15.4 Å². The van der Waals surface area contributed by atoms with Crippen molar-refractivity contribution in [3.63, 3.8) is 0 Å². The molecular formula is C24H20N6O3. The largest absolute Gasteiger partial charge is 0.437 e. The molecule has 164 valence electrons. The van der Waals surface area contributed by atoms with Crippen LogP contribution in [-0.2, 0) is 4.84 Å². The third-order valence-electron chi connectivity index (χ3n) is 4.50. The van der Waals surface area contributed by atoms with Gasteiger partial charge in [-0.2, -0.15) is 15.5 Å². The summed E-state index contributed by atoms with van der Waals surface area (Å²) in [5, 5.41) is 20.7. The third-order valence-corrected chi connectivity index (χ3v) is 4.50. The average Bonchev–Trinajstić information content (AvgIpc) is 2.81. The number of ether oxygens (including phenoxy) is 1. The van der Waals surface area contributed by atoms with Gasteiger partial charge in [-0.3, -0.25) is 9.63 Å². The van der Waals surface area contributed by atoms with E-state index in [-0.39, 0.29) is 17.4 Å². The number of nitriles is 2.